The zero-order valence-corrected chi connectivity index (χ0v) is 13.8. The summed E-state index contributed by atoms with van der Waals surface area (Å²) in [5.74, 6) is 0.451. The molecule has 134 valence electrons. The Labute approximate surface area is 144 Å². The first kappa shape index (κ1) is 18.9. The van der Waals surface area contributed by atoms with Crippen molar-refractivity contribution in [3.63, 3.8) is 0 Å². The van der Waals surface area contributed by atoms with Crippen molar-refractivity contribution in [2.24, 2.45) is 17.6 Å². The van der Waals surface area contributed by atoms with Crippen LogP contribution in [0.4, 0.5) is 13.2 Å². The molecular weight excluding hydrogens is 345 g/mol. The summed E-state index contributed by atoms with van der Waals surface area (Å²) in [6.07, 6.45) is -2.60. The molecule has 3 rings (SSSR count). The highest BCUT2D eigenvalue weighted by molar-refractivity contribution is 5.85. The lowest BCUT2D eigenvalue weighted by atomic mass is 9.98. The minimum Gasteiger partial charge on any atom is -0.406 e. The van der Waals surface area contributed by atoms with Crippen LogP contribution in [0.5, 0.6) is 5.75 Å². The monoisotopic (exact) mass is 364 g/mol. The fourth-order valence-corrected chi connectivity index (χ4v) is 3.65. The molecule has 1 aromatic carbocycles. The van der Waals surface area contributed by atoms with Crippen molar-refractivity contribution in [2.45, 2.75) is 31.7 Å². The zero-order chi connectivity index (χ0) is 16.6. The molecule has 4 nitrogen and oxygen atoms in total. The average Bonchev–Trinajstić information content (AvgIpc) is 3.00. The third kappa shape index (κ3) is 4.33. The van der Waals surface area contributed by atoms with Gasteiger partial charge in [-0.15, -0.1) is 25.6 Å². The molecule has 0 spiro atoms. The van der Waals surface area contributed by atoms with Crippen molar-refractivity contribution >= 4 is 18.3 Å². The summed E-state index contributed by atoms with van der Waals surface area (Å²) in [6, 6.07) is 5.72. The van der Waals surface area contributed by atoms with Gasteiger partial charge in [0.05, 0.1) is 6.42 Å². The molecule has 1 saturated heterocycles. The van der Waals surface area contributed by atoms with Crippen LogP contribution >= 0.6 is 12.4 Å². The largest absolute Gasteiger partial charge is 0.573 e. The topological polar surface area (TPSA) is 55.6 Å². The second-order valence-corrected chi connectivity index (χ2v) is 6.34. The van der Waals surface area contributed by atoms with E-state index in [1.165, 1.54) is 18.2 Å². The Morgan fingerprint density at radius 3 is 2.71 bits per heavy atom. The Balaban J connectivity index is 0.00000208. The number of rotatable bonds is 3. The minimum atomic E-state index is -4.73. The fraction of sp³-hybridized carbons (Fsp3) is 0.562. The number of halogens is 4. The lowest BCUT2D eigenvalue weighted by molar-refractivity contribution is -0.274. The van der Waals surface area contributed by atoms with Crippen LogP contribution < -0.4 is 10.5 Å². The van der Waals surface area contributed by atoms with E-state index >= 15 is 0 Å². The summed E-state index contributed by atoms with van der Waals surface area (Å²) in [7, 11) is 0. The van der Waals surface area contributed by atoms with Gasteiger partial charge in [0.2, 0.25) is 5.91 Å². The Hall–Kier alpha value is -1.47. The van der Waals surface area contributed by atoms with Crippen molar-refractivity contribution in [3.05, 3.63) is 29.8 Å². The fourth-order valence-electron chi connectivity index (χ4n) is 3.65. The highest BCUT2D eigenvalue weighted by atomic mass is 35.5. The van der Waals surface area contributed by atoms with Crippen molar-refractivity contribution in [1.29, 1.82) is 0 Å². The summed E-state index contributed by atoms with van der Waals surface area (Å²) in [4.78, 5) is 14.2. The van der Waals surface area contributed by atoms with E-state index < -0.39 is 6.36 Å². The number of likely N-dealkylation sites (tertiary alicyclic amines) is 1. The molecule has 1 saturated carbocycles. The summed E-state index contributed by atoms with van der Waals surface area (Å²) < 4.78 is 40.6. The third-order valence-corrected chi connectivity index (χ3v) is 4.75. The predicted molar refractivity (Wildman–Crippen MR) is 84.8 cm³/mol. The number of hydrogen-bond acceptors (Lipinski definition) is 3. The molecule has 1 aliphatic heterocycles. The Bertz CT molecular complexity index is 597. The van der Waals surface area contributed by atoms with Crippen LogP contribution in [0.25, 0.3) is 0 Å². The SMILES string of the molecule is Cl.NC1CCC2CN(C(=O)Cc3cccc(OC(F)(F)F)c3)CC12. The zero-order valence-electron chi connectivity index (χ0n) is 13.0. The van der Waals surface area contributed by atoms with E-state index in [2.05, 4.69) is 4.74 Å². The molecule has 0 aromatic heterocycles. The second kappa shape index (κ2) is 7.19. The van der Waals surface area contributed by atoms with Crippen molar-refractivity contribution in [1.82, 2.24) is 4.90 Å². The summed E-state index contributed by atoms with van der Waals surface area (Å²) >= 11 is 0. The van der Waals surface area contributed by atoms with Crippen molar-refractivity contribution < 1.29 is 22.7 Å². The smallest absolute Gasteiger partial charge is 0.406 e. The van der Waals surface area contributed by atoms with Gasteiger partial charge in [-0.25, -0.2) is 0 Å². The second-order valence-electron chi connectivity index (χ2n) is 6.34. The van der Waals surface area contributed by atoms with Gasteiger partial charge in [-0.05, 0) is 42.4 Å². The first-order valence-electron chi connectivity index (χ1n) is 7.70. The van der Waals surface area contributed by atoms with Crippen LogP contribution in [-0.4, -0.2) is 36.3 Å². The number of carbonyl (C=O) groups is 1. The van der Waals surface area contributed by atoms with Gasteiger partial charge >= 0.3 is 6.36 Å². The molecule has 1 heterocycles. The molecule has 1 aromatic rings. The highest BCUT2D eigenvalue weighted by Gasteiger charge is 2.42. The molecular formula is C16H20ClF3N2O2. The Morgan fingerprint density at radius 2 is 2.04 bits per heavy atom. The first-order valence-corrected chi connectivity index (χ1v) is 7.70. The van der Waals surface area contributed by atoms with Crippen molar-refractivity contribution in [2.75, 3.05) is 13.1 Å². The van der Waals surface area contributed by atoms with Crippen LogP contribution in [0.15, 0.2) is 24.3 Å². The summed E-state index contributed by atoms with van der Waals surface area (Å²) in [5, 5.41) is 0. The summed E-state index contributed by atoms with van der Waals surface area (Å²) in [5.41, 5.74) is 6.56. The van der Waals surface area contributed by atoms with E-state index in [0.717, 1.165) is 12.8 Å². The number of alkyl halides is 3. The van der Waals surface area contributed by atoms with Gasteiger partial charge in [0, 0.05) is 19.1 Å². The number of fused-ring (bicyclic) bond motifs is 1. The molecule has 8 heteroatoms. The van der Waals surface area contributed by atoms with Gasteiger partial charge in [0.1, 0.15) is 5.75 Å². The number of nitrogens with two attached hydrogens (primary N) is 1. The number of carbonyl (C=O) groups excluding carboxylic acids is 1. The molecule has 2 fully saturated rings. The van der Waals surface area contributed by atoms with Crippen molar-refractivity contribution in [3.8, 4) is 5.75 Å². The number of ether oxygens (including phenoxy) is 1. The van der Waals surface area contributed by atoms with Gasteiger partial charge < -0.3 is 15.4 Å². The number of hydrogen-bond donors (Lipinski definition) is 1. The maximum atomic E-state index is 12.4. The maximum Gasteiger partial charge on any atom is 0.573 e. The molecule has 0 bridgehead atoms. The minimum absolute atomic E-state index is 0. The maximum absolute atomic E-state index is 12.4. The number of amides is 1. The molecule has 2 aliphatic rings. The van der Waals surface area contributed by atoms with E-state index in [1.807, 2.05) is 0 Å². The Morgan fingerprint density at radius 1 is 1.29 bits per heavy atom. The predicted octanol–water partition coefficient (Wildman–Crippen LogP) is 2.75. The number of benzene rings is 1. The average molecular weight is 365 g/mol. The lowest BCUT2D eigenvalue weighted by Gasteiger charge is -2.19. The van der Waals surface area contributed by atoms with Gasteiger partial charge in [-0.2, -0.15) is 0 Å². The summed E-state index contributed by atoms with van der Waals surface area (Å²) in [6.45, 7) is 1.36. The first-order chi connectivity index (χ1) is 10.8. The third-order valence-electron chi connectivity index (χ3n) is 4.75. The van der Waals surface area contributed by atoms with Crippen LogP contribution in [0.2, 0.25) is 0 Å². The van der Waals surface area contributed by atoms with Crippen LogP contribution in [-0.2, 0) is 11.2 Å². The van der Waals surface area contributed by atoms with E-state index in [0.29, 0.717) is 30.5 Å². The molecule has 24 heavy (non-hydrogen) atoms. The molecule has 3 atom stereocenters. The number of nitrogens with zero attached hydrogens (tertiary/aromatic N) is 1. The van der Waals surface area contributed by atoms with E-state index in [-0.39, 0.29) is 36.5 Å². The molecule has 3 unspecified atom stereocenters. The standard InChI is InChI=1S/C16H19F3N2O2.ClH/c17-16(18,19)23-12-3-1-2-10(6-12)7-15(22)21-8-11-4-5-14(20)13(11)9-21;/h1-3,6,11,13-14H,4-5,7-9,20H2;1H. The highest BCUT2D eigenvalue weighted by Crippen LogP contribution is 2.37. The quantitative estimate of drug-likeness (QED) is 0.897. The van der Waals surface area contributed by atoms with Crippen LogP contribution in [0, 0.1) is 11.8 Å². The molecule has 1 aliphatic carbocycles. The van der Waals surface area contributed by atoms with Crippen LogP contribution in [0.1, 0.15) is 18.4 Å². The van der Waals surface area contributed by atoms with Gasteiger partial charge in [-0.1, -0.05) is 12.1 Å². The van der Waals surface area contributed by atoms with Crippen LogP contribution in [0.3, 0.4) is 0 Å². The van der Waals surface area contributed by atoms with E-state index in [4.69, 9.17) is 5.73 Å². The molecule has 1 amide bonds. The Kier molecular flexibility index (Phi) is 5.65. The lowest BCUT2D eigenvalue weighted by Crippen LogP contribution is -2.34. The van der Waals surface area contributed by atoms with Gasteiger partial charge in [-0.3, -0.25) is 4.79 Å². The van der Waals surface area contributed by atoms with E-state index in [1.54, 1.807) is 11.0 Å². The molecule has 2 N–H and O–H groups in total. The van der Waals surface area contributed by atoms with E-state index in [9.17, 15) is 18.0 Å². The van der Waals surface area contributed by atoms with Gasteiger partial charge in [0.25, 0.3) is 0 Å². The molecule has 0 radical (unpaired) electrons. The van der Waals surface area contributed by atoms with Gasteiger partial charge in [0.15, 0.2) is 0 Å². The normalized spacial score (nSPS) is 26.0.